The van der Waals surface area contributed by atoms with E-state index in [-0.39, 0.29) is 18.0 Å². The van der Waals surface area contributed by atoms with E-state index in [4.69, 9.17) is 9.15 Å². The summed E-state index contributed by atoms with van der Waals surface area (Å²) in [5.74, 6) is 1.72. The summed E-state index contributed by atoms with van der Waals surface area (Å²) in [5, 5.41) is 3.22. The number of carbonyl (C=O) groups is 1. The van der Waals surface area contributed by atoms with Gasteiger partial charge in [-0.3, -0.25) is 4.90 Å². The summed E-state index contributed by atoms with van der Waals surface area (Å²) in [4.78, 5) is 22.2. The topological polar surface area (TPSA) is 70.8 Å². The number of benzene rings is 2. The highest BCUT2D eigenvalue weighted by Gasteiger charge is 2.29. The number of fused-ring (bicyclic) bond motifs is 1. The molecule has 2 unspecified atom stereocenters. The fourth-order valence-electron chi connectivity index (χ4n) is 5.06. The zero-order valence-corrected chi connectivity index (χ0v) is 19.2. The van der Waals surface area contributed by atoms with Crippen molar-refractivity contribution in [2.45, 2.75) is 37.6 Å². The predicted molar refractivity (Wildman–Crippen MR) is 127 cm³/mol. The number of urea groups is 1. The number of methoxy groups -OCH3 is 1. The van der Waals surface area contributed by atoms with E-state index in [2.05, 4.69) is 27.3 Å². The second kappa shape index (κ2) is 9.83. The normalized spacial score (nSPS) is 20.2. The van der Waals surface area contributed by atoms with Gasteiger partial charge in [0.05, 0.1) is 19.1 Å². The summed E-state index contributed by atoms with van der Waals surface area (Å²) < 4.78 is 11.3. The van der Waals surface area contributed by atoms with E-state index in [1.54, 1.807) is 7.11 Å². The Morgan fingerprint density at radius 2 is 1.91 bits per heavy atom. The van der Waals surface area contributed by atoms with Crippen LogP contribution in [-0.2, 0) is 0 Å². The molecular weight excluding hydrogens is 416 g/mol. The summed E-state index contributed by atoms with van der Waals surface area (Å²) in [7, 11) is 1.68. The Bertz CT molecular complexity index is 1040. The number of carbonyl (C=O) groups excluding carboxylic acids is 1. The lowest BCUT2D eigenvalue weighted by molar-refractivity contribution is 0.168. The van der Waals surface area contributed by atoms with Crippen molar-refractivity contribution in [1.82, 2.24) is 20.1 Å². The first-order chi connectivity index (χ1) is 16.2. The van der Waals surface area contributed by atoms with Crippen molar-refractivity contribution in [3.05, 3.63) is 60.0 Å². The molecule has 2 atom stereocenters. The molecule has 2 amide bonds. The molecule has 2 aliphatic rings. The fourth-order valence-corrected chi connectivity index (χ4v) is 5.06. The molecule has 0 bridgehead atoms. The standard InChI is InChI=1S/C26H32N4O3/c1-32-21-12-10-19(11-13-21)23(29-14-4-5-15-29)17-27-26(31)30-16-6-7-20(18-30)25-28-22-8-2-3-9-24(22)33-25/h2-3,8-13,20,23H,4-7,14-18H2,1H3,(H,27,31). The lowest BCUT2D eigenvalue weighted by atomic mass is 9.98. The molecule has 2 aromatic carbocycles. The van der Waals surface area contributed by atoms with Crippen LogP contribution in [0.4, 0.5) is 4.79 Å². The van der Waals surface area contributed by atoms with E-state index in [9.17, 15) is 4.79 Å². The highest BCUT2D eigenvalue weighted by molar-refractivity contribution is 5.74. The Hall–Kier alpha value is -3.06. The first-order valence-electron chi connectivity index (χ1n) is 12.0. The van der Waals surface area contributed by atoms with Crippen LogP contribution in [0.2, 0.25) is 0 Å². The summed E-state index contributed by atoms with van der Waals surface area (Å²) in [6.07, 6.45) is 4.35. The van der Waals surface area contributed by atoms with Crippen LogP contribution in [0, 0.1) is 0 Å². The van der Waals surface area contributed by atoms with Crippen molar-refractivity contribution in [3.63, 3.8) is 0 Å². The van der Waals surface area contributed by atoms with Crippen molar-refractivity contribution in [2.24, 2.45) is 0 Å². The maximum atomic E-state index is 13.1. The average Bonchev–Trinajstić information content (AvgIpc) is 3.55. The quantitative estimate of drug-likeness (QED) is 0.599. The van der Waals surface area contributed by atoms with Gasteiger partial charge in [0.1, 0.15) is 11.3 Å². The molecule has 7 heteroatoms. The molecule has 1 N–H and O–H groups in total. The van der Waals surface area contributed by atoms with Crippen LogP contribution in [0.1, 0.15) is 49.1 Å². The number of rotatable bonds is 6. The zero-order valence-electron chi connectivity index (χ0n) is 19.2. The van der Waals surface area contributed by atoms with Crippen molar-refractivity contribution < 1.29 is 13.9 Å². The van der Waals surface area contributed by atoms with Gasteiger partial charge in [0, 0.05) is 19.6 Å². The molecule has 33 heavy (non-hydrogen) atoms. The second-order valence-corrected chi connectivity index (χ2v) is 9.02. The Balaban J connectivity index is 1.24. The number of hydrogen-bond acceptors (Lipinski definition) is 5. The van der Waals surface area contributed by atoms with Crippen LogP contribution in [0.15, 0.2) is 52.9 Å². The van der Waals surface area contributed by atoms with Crippen LogP contribution < -0.4 is 10.1 Å². The first-order valence-corrected chi connectivity index (χ1v) is 12.0. The van der Waals surface area contributed by atoms with E-state index < -0.39 is 0 Å². The van der Waals surface area contributed by atoms with Crippen LogP contribution in [0.3, 0.4) is 0 Å². The third-order valence-electron chi connectivity index (χ3n) is 6.90. The number of likely N-dealkylation sites (tertiary alicyclic amines) is 2. The first kappa shape index (κ1) is 21.8. The molecule has 3 heterocycles. The Morgan fingerprint density at radius 1 is 1.12 bits per heavy atom. The molecule has 2 aliphatic heterocycles. The minimum absolute atomic E-state index is 0.00600. The van der Waals surface area contributed by atoms with Gasteiger partial charge in [-0.1, -0.05) is 24.3 Å². The maximum Gasteiger partial charge on any atom is 0.317 e. The maximum absolute atomic E-state index is 13.1. The monoisotopic (exact) mass is 448 g/mol. The van der Waals surface area contributed by atoms with Gasteiger partial charge >= 0.3 is 6.03 Å². The SMILES string of the molecule is COc1ccc(C(CNC(=O)N2CCCC(c3nc4ccccc4o3)C2)N2CCCC2)cc1. The third kappa shape index (κ3) is 4.83. The van der Waals surface area contributed by atoms with Gasteiger partial charge in [0.2, 0.25) is 0 Å². The summed E-state index contributed by atoms with van der Waals surface area (Å²) in [5.41, 5.74) is 2.89. The molecule has 1 aromatic heterocycles. The smallest absolute Gasteiger partial charge is 0.317 e. The van der Waals surface area contributed by atoms with Gasteiger partial charge in [0.25, 0.3) is 0 Å². The largest absolute Gasteiger partial charge is 0.497 e. The van der Waals surface area contributed by atoms with Gasteiger partial charge < -0.3 is 19.4 Å². The average molecular weight is 449 g/mol. The molecule has 2 fully saturated rings. The Kier molecular flexibility index (Phi) is 6.48. The molecule has 0 spiro atoms. The Labute approximate surface area is 194 Å². The number of piperidine rings is 1. The van der Waals surface area contributed by atoms with Crippen molar-refractivity contribution in [3.8, 4) is 5.75 Å². The van der Waals surface area contributed by atoms with Gasteiger partial charge in [-0.2, -0.15) is 0 Å². The highest BCUT2D eigenvalue weighted by Crippen LogP contribution is 2.30. The van der Waals surface area contributed by atoms with E-state index in [1.165, 1.54) is 18.4 Å². The lowest BCUT2D eigenvalue weighted by Crippen LogP contribution is -2.47. The predicted octanol–water partition coefficient (Wildman–Crippen LogP) is 4.56. The zero-order chi connectivity index (χ0) is 22.6. The molecule has 0 aliphatic carbocycles. The van der Waals surface area contributed by atoms with E-state index in [0.29, 0.717) is 13.1 Å². The van der Waals surface area contributed by atoms with Crippen LogP contribution in [-0.4, -0.2) is 60.6 Å². The Morgan fingerprint density at radius 3 is 2.67 bits per heavy atom. The van der Waals surface area contributed by atoms with Gasteiger partial charge in [-0.25, -0.2) is 9.78 Å². The number of oxazole rings is 1. The number of aromatic nitrogens is 1. The van der Waals surface area contributed by atoms with E-state index >= 15 is 0 Å². The molecule has 0 saturated carbocycles. The van der Waals surface area contributed by atoms with Crippen LogP contribution >= 0.6 is 0 Å². The number of ether oxygens (including phenoxy) is 1. The summed E-state index contributed by atoms with van der Waals surface area (Å²) >= 11 is 0. The van der Waals surface area contributed by atoms with E-state index in [1.807, 2.05) is 41.3 Å². The minimum Gasteiger partial charge on any atom is -0.497 e. The molecule has 5 rings (SSSR count). The molecule has 0 radical (unpaired) electrons. The van der Waals surface area contributed by atoms with Gasteiger partial charge in [-0.15, -0.1) is 0 Å². The van der Waals surface area contributed by atoms with Crippen molar-refractivity contribution in [2.75, 3.05) is 39.8 Å². The molecule has 2 saturated heterocycles. The number of nitrogens with one attached hydrogen (secondary N) is 1. The molecule has 7 nitrogen and oxygen atoms in total. The van der Waals surface area contributed by atoms with Crippen molar-refractivity contribution >= 4 is 17.1 Å². The highest BCUT2D eigenvalue weighted by atomic mass is 16.5. The molecular formula is C26H32N4O3. The van der Waals surface area contributed by atoms with Crippen LogP contribution in [0.25, 0.3) is 11.1 Å². The van der Waals surface area contributed by atoms with Gasteiger partial charge in [-0.05, 0) is 68.6 Å². The summed E-state index contributed by atoms with van der Waals surface area (Å²) in [6.45, 7) is 4.12. The second-order valence-electron chi connectivity index (χ2n) is 9.02. The number of amides is 2. The summed E-state index contributed by atoms with van der Waals surface area (Å²) in [6, 6.07) is 16.2. The lowest BCUT2D eigenvalue weighted by Gasteiger charge is -2.33. The minimum atomic E-state index is -0.00600. The fraction of sp³-hybridized carbons (Fsp3) is 0.462. The molecule has 174 valence electrons. The number of para-hydroxylation sites is 2. The van der Waals surface area contributed by atoms with Crippen LogP contribution in [0.5, 0.6) is 5.75 Å². The number of nitrogens with zero attached hydrogens (tertiary/aromatic N) is 3. The van der Waals surface area contributed by atoms with Gasteiger partial charge in [0.15, 0.2) is 11.5 Å². The van der Waals surface area contributed by atoms with Crippen molar-refractivity contribution in [1.29, 1.82) is 0 Å². The number of hydrogen-bond donors (Lipinski definition) is 1. The third-order valence-corrected chi connectivity index (χ3v) is 6.90. The molecule has 3 aromatic rings. The van der Waals surface area contributed by atoms with E-state index in [0.717, 1.165) is 55.2 Å².